The Labute approximate surface area is 158 Å². The molecule has 0 aliphatic heterocycles. The fourth-order valence-electron chi connectivity index (χ4n) is 2.80. The largest absolute Gasteiger partial charge is 0.465 e. The number of fused-ring (bicyclic) bond motifs is 1. The first kappa shape index (κ1) is 18.7. The number of sulfonamides is 1. The van der Waals surface area contributed by atoms with E-state index in [0.717, 1.165) is 10.8 Å². The number of carbonyl (C=O) groups is 1. The maximum absolute atomic E-state index is 13.2. The van der Waals surface area contributed by atoms with Gasteiger partial charge in [0, 0.05) is 0 Å². The van der Waals surface area contributed by atoms with Crippen molar-refractivity contribution in [1.82, 2.24) is 0 Å². The molecule has 3 aromatic rings. The molecule has 0 heterocycles. The van der Waals surface area contributed by atoms with Crippen molar-refractivity contribution >= 4 is 32.5 Å². The summed E-state index contributed by atoms with van der Waals surface area (Å²) in [6.45, 7) is 3.77. The molecular formula is C21H19NO4S. The SMILES string of the molecule is C=CCN(c1ccc(C(=O)OC)cc1)S(=O)(=O)c1ccc2ccccc2c1. The van der Waals surface area contributed by atoms with Crippen molar-refractivity contribution in [2.75, 3.05) is 18.0 Å². The number of ether oxygens (including phenoxy) is 1. The molecule has 0 aliphatic carbocycles. The van der Waals surface area contributed by atoms with Crippen LogP contribution in [0.25, 0.3) is 10.8 Å². The van der Waals surface area contributed by atoms with Crippen LogP contribution < -0.4 is 4.31 Å². The van der Waals surface area contributed by atoms with E-state index in [4.69, 9.17) is 0 Å². The highest BCUT2D eigenvalue weighted by atomic mass is 32.2. The van der Waals surface area contributed by atoms with Crippen molar-refractivity contribution in [2.45, 2.75) is 4.90 Å². The van der Waals surface area contributed by atoms with Gasteiger partial charge in [0.25, 0.3) is 10.0 Å². The minimum absolute atomic E-state index is 0.104. The fourth-order valence-corrected chi connectivity index (χ4v) is 4.27. The first-order valence-corrected chi connectivity index (χ1v) is 9.72. The molecule has 27 heavy (non-hydrogen) atoms. The van der Waals surface area contributed by atoms with Crippen LogP contribution in [0.3, 0.4) is 0 Å². The van der Waals surface area contributed by atoms with Crippen LogP contribution in [0.4, 0.5) is 5.69 Å². The van der Waals surface area contributed by atoms with Crippen LogP contribution in [0.5, 0.6) is 0 Å². The Kier molecular flexibility index (Phi) is 5.28. The molecule has 0 spiro atoms. The molecule has 0 fully saturated rings. The highest BCUT2D eigenvalue weighted by molar-refractivity contribution is 7.92. The Bertz CT molecular complexity index is 1090. The quantitative estimate of drug-likeness (QED) is 0.478. The van der Waals surface area contributed by atoms with Crippen molar-refractivity contribution in [3.8, 4) is 0 Å². The van der Waals surface area contributed by atoms with Crippen LogP contribution >= 0.6 is 0 Å². The van der Waals surface area contributed by atoms with E-state index < -0.39 is 16.0 Å². The molecule has 0 N–H and O–H groups in total. The molecular weight excluding hydrogens is 362 g/mol. The monoisotopic (exact) mass is 381 g/mol. The lowest BCUT2D eigenvalue weighted by Gasteiger charge is -2.23. The third kappa shape index (κ3) is 3.71. The van der Waals surface area contributed by atoms with Gasteiger partial charge in [-0.15, -0.1) is 6.58 Å². The molecule has 0 atom stereocenters. The van der Waals surface area contributed by atoms with Gasteiger partial charge >= 0.3 is 5.97 Å². The van der Waals surface area contributed by atoms with E-state index >= 15 is 0 Å². The predicted molar refractivity (Wildman–Crippen MR) is 106 cm³/mol. The summed E-state index contributed by atoms with van der Waals surface area (Å²) >= 11 is 0. The van der Waals surface area contributed by atoms with E-state index in [1.165, 1.54) is 29.6 Å². The topological polar surface area (TPSA) is 63.7 Å². The summed E-state index contributed by atoms with van der Waals surface area (Å²) in [7, 11) is -2.50. The molecule has 3 rings (SSSR count). The van der Waals surface area contributed by atoms with Crippen LogP contribution in [0.1, 0.15) is 10.4 Å². The summed E-state index contributed by atoms with van der Waals surface area (Å²) in [5.74, 6) is -0.478. The zero-order valence-electron chi connectivity index (χ0n) is 14.8. The third-order valence-corrected chi connectivity index (χ3v) is 5.97. The molecule has 0 radical (unpaired) electrons. The van der Waals surface area contributed by atoms with Gasteiger partial charge in [-0.1, -0.05) is 36.4 Å². The van der Waals surface area contributed by atoms with E-state index in [1.54, 1.807) is 30.3 Å². The second kappa shape index (κ2) is 7.63. The van der Waals surface area contributed by atoms with Gasteiger partial charge in [-0.05, 0) is 47.2 Å². The molecule has 3 aromatic carbocycles. The van der Waals surface area contributed by atoms with Gasteiger partial charge in [0.2, 0.25) is 0 Å². The molecule has 0 saturated carbocycles. The van der Waals surface area contributed by atoms with Crippen LogP contribution in [0.2, 0.25) is 0 Å². The highest BCUT2D eigenvalue weighted by Crippen LogP contribution is 2.26. The van der Waals surface area contributed by atoms with Crippen molar-refractivity contribution in [3.05, 3.63) is 84.9 Å². The Balaban J connectivity index is 2.03. The minimum atomic E-state index is -3.80. The number of methoxy groups -OCH3 is 1. The Morgan fingerprint density at radius 1 is 1.04 bits per heavy atom. The molecule has 138 valence electrons. The summed E-state index contributed by atoms with van der Waals surface area (Å²) in [5.41, 5.74) is 0.790. The van der Waals surface area contributed by atoms with Gasteiger partial charge in [0.1, 0.15) is 0 Å². The normalized spacial score (nSPS) is 11.1. The number of anilines is 1. The summed E-state index contributed by atoms with van der Waals surface area (Å²) < 4.78 is 32.4. The number of hydrogen-bond acceptors (Lipinski definition) is 4. The Hall–Kier alpha value is -3.12. The molecule has 6 heteroatoms. The van der Waals surface area contributed by atoms with Gasteiger partial charge < -0.3 is 4.74 Å². The molecule has 0 aromatic heterocycles. The lowest BCUT2D eigenvalue weighted by atomic mass is 10.1. The van der Waals surface area contributed by atoms with E-state index in [2.05, 4.69) is 11.3 Å². The number of carbonyl (C=O) groups excluding carboxylic acids is 1. The molecule has 5 nitrogen and oxygen atoms in total. The van der Waals surface area contributed by atoms with Crippen molar-refractivity contribution in [2.24, 2.45) is 0 Å². The number of nitrogens with zero attached hydrogens (tertiary/aromatic N) is 1. The third-order valence-electron chi connectivity index (χ3n) is 4.18. The fraction of sp³-hybridized carbons (Fsp3) is 0.0952. The van der Waals surface area contributed by atoms with Gasteiger partial charge in [-0.25, -0.2) is 13.2 Å². The molecule has 0 unspecified atom stereocenters. The zero-order chi connectivity index (χ0) is 19.4. The number of rotatable bonds is 6. The smallest absolute Gasteiger partial charge is 0.337 e. The Morgan fingerprint density at radius 2 is 1.70 bits per heavy atom. The first-order valence-electron chi connectivity index (χ1n) is 8.28. The maximum atomic E-state index is 13.2. The van der Waals surface area contributed by atoms with E-state index in [0.29, 0.717) is 11.3 Å². The summed E-state index contributed by atoms with van der Waals surface area (Å²) in [4.78, 5) is 11.8. The van der Waals surface area contributed by atoms with Crippen molar-refractivity contribution in [3.63, 3.8) is 0 Å². The van der Waals surface area contributed by atoms with Gasteiger partial charge in [0.15, 0.2) is 0 Å². The maximum Gasteiger partial charge on any atom is 0.337 e. The van der Waals surface area contributed by atoms with Crippen LogP contribution in [-0.4, -0.2) is 28.0 Å². The average Bonchev–Trinajstić information content (AvgIpc) is 2.71. The zero-order valence-corrected chi connectivity index (χ0v) is 15.6. The van der Waals surface area contributed by atoms with Gasteiger partial charge in [0.05, 0.1) is 29.8 Å². The number of esters is 1. The summed E-state index contributed by atoms with van der Waals surface area (Å²) in [6, 6.07) is 18.8. The van der Waals surface area contributed by atoms with Crippen LogP contribution in [-0.2, 0) is 14.8 Å². The lowest BCUT2D eigenvalue weighted by molar-refractivity contribution is 0.0601. The second-order valence-corrected chi connectivity index (χ2v) is 7.73. The summed E-state index contributed by atoms with van der Waals surface area (Å²) in [6.07, 6.45) is 1.52. The average molecular weight is 381 g/mol. The van der Waals surface area contributed by atoms with Gasteiger partial charge in [-0.3, -0.25) is 4.31 Å². The van der Waals surface area contributed by atoms with Gasteiger partial charge in [-0.2, -0.15) is 0 Å². The van der Waals surface area contributed by atoms with Crippen molar-refractivity contribution < 1.29 is 17.9 Å². The number of benzene rings is 3. The molecule has 0 bridgehead atoms. The lowest BCUT2D eigenvalue weighted by Crippen LogP contribution is -2.31. The van der Waals surface area contributed by atoms with Crippen LogP contribution in [0.15, 0.2) is 84.3 Å². The molecule has 0 amide bonds. The highest BCUT2D eigenvalue weighted by Gasteiger charge is 2.24. The van der Waals surface area contributed by atoms with Crippen LogP contribution in [0, 0.1) is 0 Å². The second-order valence-electron chi connectivity index (χ2n) is 5.87. The number of hydrogen-bond donors (Lipinski definition) is 0. The molecule has 0 saturated heterocycles. The predicted octanol–water partition coefficient (Wildman–Crippen LogP) is 4.01. The van der Waals surface area contributed by atoms with Crippen molar-refractivity contribution in [1.29, 1.82) is 0 Å². The van der Waals surface area contributed by atoms with E-state index in [1.807, 2.05) is 24.3 Å². The Morgan fingerprint density at radius 3 is 2.33 bits per heavy atom. The summed E-state index contributed by atoms with van der Waals surface area (Å²) in [5, 5.41) is 1.81. The minimum Gasteiger partial charge on any atom is -0.465 e. The van der Waals surface area contributed by atoms with E-state index in [-0.39, 0.29) is 11.4 Å². The van der Waals surface area contributed by atoms with E-state index in [9.17, 15) is 13.2 Å². The first-order chi connectivity index (χ1) is 13.0. The standard InChI is InChI=1S/C21H19NO4S/c1-3-14-22(19-11-8-17(9-12-19)21(23)26-2)27(24,25)20-13-10-16-6-4-5-7-18(16)15-20/h3-13,15H,1,14H2,2H3. The molecule has 0 aliphatic rings.